The molecular weight excluding hydrogens is 338 g/mol. The van der Waals surface area contributed by atoms with E-state index in [9.17, 15) is 4.79 Å². The normalized spacial score (nSPS) is 15.1. The van der Waals surface area contributed by atoms with Crippen LogP contribution in [0.5, 0.6) is 0 Å². The van der Waals surface area contributed by atoms with Gasteiger partial charge in [0.2, 0.25) is 5.95 Å². The van der Waals surface area contributed by atoms with E-state index in [1.54, 1.807) is 24.5 Å². The number of nitrogens with zero attached hydrogens (tertiary/aromatic N) is 3. The molecular formula is C18H22ClN5O. The van der Waals surface area contributed by atoms with Crippen LogP contribution in [0.25, 0.3) is 0 Å². The molecule has 6 nitrogen and oxygen atoms in total. The number of rotatable bonds is 3. The fourth-order valence-electron chi connectivity index (χ4n) is 2.72. The van der Waals surface area contributed by atoms with Gasteiger partial charge in [0.05, 0.1) is 18.1 Å². The third-order valence-corrected chi connectivity index (χ3v) is 4.80. The van der Waals surface area contributed by atoms with Crippen LogP contribution in [0.3, 0.4) is 0 Å². The van der Waals surface area contributed by atoms with E-state index in [1.807, 2.05) is 13.0 Å². The maximum absolute atomic E-state index is 12.1. The van der Waals surface area contributed by atoms with E-state index in [1.165, 1.54) is 0 Å². The molecule has 0 saturated carbocycles. The van der Waals surface area contributed by atoms with Crippen molar-refractivity contribution in [3.63, 3.8) is 0 Å². The van der Waals surface area contributed by atoms with Gasteiger partial charge < -0.3 is 15.5 Å². The van der Waals surface area contributed by atoms with Crippen LogP contribution in [0.15, 0.2) is 30.6 Å². The second-order valence-electron chi connectivity index (χ2n) is 6.48. The van der Waals surface area contributed by atoms with Crippen LogP contribution in [0, 0.1) is 12.8 Å². The number of benzene rings is 1. The molecule has 132 valence electrons. The van der Waals surface area contributed by atoms with Crippen molar-refractivity contribution in [2.45, 2.75) is 26.7 Å². The van der Waals surface area contributed by atoms with Gasteiger partial charge in [0.1, 0.15) is 0 Å². The molecule has 2 heterocycles. The lowest BCUT2D eigenvalue weighted by atomic mass is 10.00. The number of anilines is 3. The first kappa shape index (κ1) is 17.5. The van der Waals surface area contributed by atoms with Crippen LogP contribution in [0.4, 0.5) is 22.1 Å². The predicted octanol–water partition coefficient (Wildman–Crippen LogP) is 4.32. The van der Waals surface area contributed by atoms with E-state index in [0.717, 1.165) is 37.4 Å². The molecule has 1 fully saturated rings. The zero-order valence-corrected chi connectivity index (χ0v) is 15.2. The molecule has 0 radical (unpaired) electrons. The van der Waals surface area contributed by atoms with Crippen molar-refractivity contribution in [2.24, 2.45) is 5.92 Å². The molecule has 7 heteroatoms. The van der Waals surface area contributed by atoms with Crippen molar-refractivity contribution in [1.82, 2.24) is 9.97 Å². The Balaban J connectivity index is 1.57. The zero-order chi connectivity index (χ0) is 17.8. The highest BCUT2D eigenvalue weighted by atomic mass is 35.5. The minimum atomic E-state index is -0.358. The Hall–Kier alpha value is -2.34. The molecule has 1 aliphatic rings. The molecule has 1 aliphatic heterocycles. The second-order valence-corrected chi connectivity index (χ2v) is 6.89. The summed E-state index contributed by atoms with van der Waals surface area (Å²) in [5, 5.41) is 6.08. The Morgan fingerprint density at radius 2 is 1.80 bits per heavy atom. The first-order chi connectivity index (χ1) is 12.0. The molecule has 2 N–H and O–H groups in total. The van der Waals surface area contributed by atoms with Crippen molar-refractivity contribution in [1.29, 1.82) is 0 Å². The van der Waals surface area contributed by atoms with E-state index in [4.69, 9.17) is 11.6 Å². The number of aromatic nitrogens is 2. The third kappa shape index (κ3) is 4.60. The van der Waals surface area contributed by atoms with Gasteiger partial charge in [-0.3, -0.25) is 0 Å². The van der Waals surface area contributed by atoms with E-state index < -0.39 is 0 Å². The van der Waals surface area contributed by atoms with Gasteiger partial charge in [-0.1, -0.05) is 24.6 Å². The molecule has 0 unspecified atom stereocenters. The molecule has 2 amide bonds. The van der Waals surface area contributed by atoms with E-state index in [2.05, 4.69) is 32.4 Å². The number of nitrogens with one attached hydrogen (secondary N) is 2. The largest absolute Gasteiger partial charge is 0.341 e. The predicted molar refractivity (Wildman–Crippen MR) is 101 cm³/mol. The van der Waals surface area contributed by atoms with E-state index >= 15 is 0 Å². The number of hydrogen-bond donors (Lipinski definition) is 2. The number of carbonyl (C=O) groups excluding carboxylic acids is 1. The van der Waals surface area contributed by atoms with Gasteiger partial charge in [0.15, 0.2) is 0 Å². The van der Waals surface area contributed by atoms with Crippen molar-refractivity contribution in [2.75, 3.05) is 28.6 Å². The summed E-state index contributed by atoms with van der Waals surface area (Å²) >= 11 is 6.06. The van der Waals surface area contributed by atoms with Crippen molar-refractivity contribution in [3.05, 3.63) is 41.2 Å². The van der Waals surface area contributed by atoms with Gasteiger partial charge in [-0.25, -0.2) is 14.8 Å². The Morgan fingerprint density at radius 1 is 1.16 bits per heavy atom. The van der Waals surface area contributed by atoms with Gasteiger partial charge in [0.25, 0.3) is 0 Å². The van der Waals surface area contributed by atoms with E-state index in [-0.39, 0.29) is 6.03 Å². The Labute approximate surface area is 152 Å². The number of urea groups is 1. The monoisotopic (exact) mass is 359 g/mol. The molecule has 25 heavy (non-hydrogen) atoms. The molecule has 1 aromatic carbocycles. The first-order valence-electron chi connectivity index (χ1n) is 8.42. The molecule has 1 aromatic heterocycles. The Bertz CT molecular complexity index is 742. The van der Waals surface area contributed by atoms with Crippen LogP contribution in [0.2, 0.25) is 5.02 Å². The highest BCUT2D eigenvalue weighted by Crippen LogP contribution is 2.21. The summed E-state index contributed by atoms with van der Waals surface area (Å²) in [6.45, 7) is 6.13. The lowest BCUT2D eigenvalue weighted by Gasteiger charge is -2.30. The molecule has 0 aliphatic carbocycles. The maximum Gasteiger partial charge on any atom is 0.323 e. The summed E-state index contributed by atoms with van der Waals surface area (Å²) in [6.07, 6.45) is 5.57. The highest BCUT2D eigenvalue weighted by Gasteiger charge is 2.17. The average molecular weight is 360 g/mol. The summed E-state index contributed by atoms with van der Waals surface area (Å²) < 4.78 is 0. The number of carbonyl (C=O) groups is 1. The average Bonchev–Trinajstić information content (AvgIpc) is 2.60. The summed E-state index contributed by atoms with van der Waals surface area (Å²) in [6, 6.07) is 5.02. The molecule has 2 aromatic rings. The van der Waals surface area contributed by atoms with Crippen molar-refractivity contribution < 1.29 is 4.79 Å². The third-order valence-electron chi connectivity index (χ3n) is 4.39. The quantitative estimate of drug-likeness (QED) is 0.856. The standard InChI is InChI=1S/C18H22ClN5O/c1-12-5-7-24(8-6-12)17-20-10-15(11-21-17)23-18(25)22-14-4-3-13(2)16(19)9-14/h3-4,9-12H,5-8H2,1-2H3,(H2,22,23,25). The number of piperidine rings is 1. The smallest absolute Gasteiger partial charge is 0.323 e. The van der Waals surface area contributed by atoms with Gasteiger partial charge in [0, 0.05) is 23.8 Å². The number of aryl methyl sites for hydroxylation is 1. The number of amides is 2. The topological polar surface area (TPSA) is 70.2 Å². The van der Waals surface area contributed by atoms with E-state index in [0.29, 0.717) is 22.3 Å². The first-order valence-corrected chi connectivity index (χ1v) is 8.80. The molecule has 0 spiro atoms. The molecule has 0 bridgehead atoms. The fraction of sp³-hybridized carbons (Fsp3) is 0.389. The van der Waals surface area contributed by atoms with Gasteiger partial charge in [-0.15, -0.1) is 0 Å². The molecule has 1 saturated heterocycles. The van der Waals surface area contributed by atoms with Crippen LogP contribution < -0.4 is 15.5 Å². The lowest BCUT2D eigenvalue weighted by Crippen LogP contribution is -2.34. The van der Waals surface area contributed by atoms with Crippen LogP contribution in [-0.2, 0) is 0 Å². The van der Waals surface area contributed by atoms with Crippen molar-refractivity contribution >= 4 is 35.0 Å². The number of halogens is 1. The Kier molecular flexibility index (Phi) is 5.38. The van der Waals surface area contributed by atoms with Crippen molar-refractivity contribution in [3.8, 4) is 0 Å². The minimum Gasteiger partial charge on any atom is -0.341 e. The summed E-state index contributed by atoms with van der Waals surface area (Å²) in [7, 11) is 0. The van der Waals surface area contributed by atoms with Gasteiger partial charge >= 0.3 is 6.03 Å². The Morgan fingerprint density at radius 3 is 2.44 bits per heavy atom. The fourth-order valence-corrected chi connectivity index (χ4v) is 2.90. The molecule has 3 rings (SSSR count). The molecule has 0 atom stereocenters. The summed E-state index contributed by atoms with van der Waals surface area (Å²) in [5.41, 5.74) is 2.14. The summed E-state index contributed by atoms with van der Waals surface area (Å²) in [5.74, 6) is 1.47. The van der Waals surface area contributed by atoms with Crippen LogP contribution in [-0.4, -0.2) is 29.1 Å². The zero-order valence-electron chi connectivity index (χ0n) is 14.4. The maximum atomic E-state index is 12.1. The van der Waals surface area contributed by atoms with Crippen LogP contribution >= 0.6 is 11.6 Å². The SMILES string of the molecule is Cc1ccc(NC(=O)Nc2cnc(N3CCC(C)CC3)nc2)cc1Cl. The minimum absolute atomic E-state index is 0.358. The lowest BCUT2D eigenvalue weighted by molar-refractivity contribution is 0.262. The summed E-state index contributed by atoms with van der Waals surface area (Å²) in [4.78, 5) is 23.0. The number of hydrogen-bond acceptors (Lipinski definition) is 4. The second kappa shape index (κ2) is 7.70. The van der Waals surface area contributed by atoms with Gasteiger partial charge in [-0.2, -0.15) is 0 Å². The van der Waals surface area contributed by atoms with Gasteiger partial charge in [-0.05, 0) is 43.4 Å². The highest BCUT2D eigenvalue weighted by molar-refractivity contribution is 6.31. The van der Waals surface area contributed by atoms with Crippen LogP contribution in [0.1, 0.15) is 25.3 Å².